The summed E-state index contributed by atoms with van der Waals surface area (Å²) in [6.07, 6.45) is 8.93. The van der Waals surface area contributed by atoms with E-state index in [2.05, 4.69) is 30.4 Å². The molecule has 8 nitrogen and oxygen atoms in total. The Kier molecular flexibility index (Phi) is 7.10. The summed E-state index contributed by atoms with van der Waals surface area (Å²) in [6, 6.07) is 0. The molecule has 0 aromatic carbocycles. The van der Waals surface area contributed by atoms with Gasteiger partial charge in [0.05, 0.1) is 11.8 Å². The number of carbonyl (C=O) groups is 2. The van der Waals surface area contributed by atoms with Crippen LogP contribution in [0.1, 0.15) is 79.1 Å². The Morgan fingerprint density at radius 3 is 2.63 bits per heavy atom. The van der Waals surface area contributed by atoms with Crippen LogP contribution in [0.5, 0.6) is 0 Å². The maximum absolute atomic E-state index is 12.1. The van der Waals surface area contributed by atoms with Crippen molar-refractivity contribution < 1.29 is 29.7 Å². The minimum Gasteiger partial charge on any atom is -0.479 e. The van der Waals surface area contributed by atoms with E-state index in [9.17, 15) is 19.8 Å². The lowest BCUT2D eigenvalue weighted by Crippen LogP contribution is -2.51. The van der Waals surface area contributed by atoms with E-state index in [0.717, 1.165) is 44.2 Å². The van der Waals surface area contributed by atoms with Crippen molar-refractivity contribution in [3.05, 3.63) is 11.6 Å². The highest BCUT2D eigenvalue weighted by atomic mass is 16.6. The predicted octanol–water partition coefficient (Wildman–Crippen LogP) is 3.27. The predicted molar refractivity (Wildman–Crippen MR) is 132 cm³/mol. The molecule has 4 aliphatic carbocycles. The number of rotatable bonds is 7. The van der Waals surface area contributed by atoms with Crippen LogP contribution in [0, 0.1) is 34.0 Å². The third-order valence-corrected chi connectivity index (χ3v) is 10.0. The molecular weight excluding hydrogens is 448 g/mol. The number of hydrogen-bond donors (Lipinski definition) is 4. The minimum atomic E-state index is -1.57. The van der Waals surface area contributed by atoms with Gasteiger partial charge < -0.3 is 25.5 Å². The molecule has 8 heteroatoms. The van der Waals surface area contributed by atoms with Gasteiger partial charge in [-0.25, -0.2) is 4.79 Å². The number of aliphatic carboxylic acids is 1. The first kappa shape index (κ1) is 26.1. The maximum atomic E-state index is 12.1. The number of aliphatic hydroxyl groups excluding tert-OH is 2. The van der Waals surface area contributed by atoms with Crippen LogP contribution in [-0.2, 0) is 14.4 Å². The summed E-state index contributed by atoms with van der Waals surface area (Å²) < 4.78 is 0. The fourth-order valence-electron chi connectivity index (χ4n) is 7.60. The average Bonchev–Trinajstić information content (AvgIpc) is 3.11. The molecule has 196 valence electrons. The molecule has 0 spiro atoms. The fraction of sp³-hybridized carbons (Fsp3) is 0.815. The number of allylic oxidation sites excluding steroid dienone is 2. The second kappa shape index (κ2) is 9.51. The summed E-state index contributed by atoms with van der Waals surface area (Å²) in [7, 11) is 0. The van der Waals surface area contributed by atoms with Crippen molar-refractivity contribution in [2.24, 2.45) is 39.2 Å². The van der Waals surface area contributed by atoms with Crippen molar-refractivity contribution in [1.82, 2.24) is 5.32 Å². The van der Waals surface area contributed by atoms with Gasteiger partial charge in [-0.2, -0.15) is 0 Å². The van der Waals surface area contributed by atoms with Crippen molar-refractivity contribution in [2.75, 3.05) is 13.2 Å². The van der Waals surface area contributed by atoms with Crippen LogP contribution in [0.3, 0.4) is 0 Å². The van der Waals surface area contributed by atoms with Crippen molar-refractivity contribution in [2.45, 2.75) is 91.3 Å². The molecule has 4 N–H and O–H groups in total. The van der Waals surface area contributed by atoms with Crippen LogP contribution < -0.4 is 5.32 Å². The fourth-order valence-corrected chi connectivity index (χ4v) is 7.60. The van der Waals surface area contributed by atoms with E-state index in [4.69, 9.17) is 9.94 Å². The smallest absolute Gasteiger partial charge is 0.333 e. The molecule has 35 heavy (non-hydrogen) atoms. The summed E-state index contributed by atoms with van der Waals surface area (Å²) in [6.45, 7) is 7.65. The minimum absolute atomic E-state index is 0.0151. The Morgan fingerprint density at radius 2 is 1.91 bits per heavy atom. The summed E-state index contributed by atoms with van der Waals surface area (Å²) >= 11 is 0. The zero-order chi connectivity index (χ0) is 25.6. The van der Waals surface area contributed by atoms with Crippen LogP contribution in [-0.4, -0.2) is 58.3 Å². The standard InChI is InChI=1S/C27H42N2O6/c1-25(2,23(32)24(33)34)15-28-22(31)14-35-29-17-9-11-26(3)16(13-17)5-6-18-19-7-8-21(30)27(19,4)12-10-20(18)26/h13,18-21,23,30,32H,5-12,14-15H2,1-4H3,(H,28,31)(H,33,34)/b29-17+/t18-,19-,20-,21+,23-,26-,27-/m0/s1. The molecule has 1 amide bonds. The van der Waals surface area contributed by atoms with Crippen LogP contribution in [0.25, 0.3) is 0 Å². The first-order valence-corrected chi connectivity index (χ1v) is 13.1. The molecule has 0 aliphatic heterocycles. The van der Waals surface area contributed by atoms with E-state index in [1.807, 2.05) is 0 Å². The highest BCUT2D eigenvalue weighted by Crippen LogP contribution is 2.65. The Bertz CT molecular complexity index is 913. The molecule has 0 bridgehead atoms. The SMILES string of the molecule is CC(C)(CNC(=O)CO/N=C1/C=C2CC[C@H]3[C@@H]4CC[C@@H](O)[C@@]4(C)CC[C@@H]3[C@@]2(C)CC1)[C@@H](O)C(=O)O. The highest BCUT2D eigenvalue weighted by molar-refractivity contribution is 5.96. The van der Waals surface area contributed by atoms with Crippen molar-refractivity contribution in [1.29, 1.82) is 0 Å². The van der Waals surface area contributed by atoms with Crippen LogP contribution >= 0.6 is 0 Å². The average molecular weight is 491 g/mol. The number of carbonyl (C=O) groups excluding carboxylic acids is 1. The number of carboxylic acids is 1. The molecule has 0 aromatic rings. The summed E-state index contributed by atoms with van der Waals surface area (Å²) in [5, 5.41) is 36.2. The molecule has 3 fully saturated rings. The maximum Gasteiger partial charge on any atom is 0.333 e. The molecule has 3 saturated carbocycles. The van der Waals surface area contributed by atoms with Crippen LogP contribution in [0.4, 0.5) is 0 Å². The lowest BCUT2D eigenvalue weighted by molar-refractivity contribution is -0.153. The zero-order valence-corrected chi connectivity index (χ0v) is 21.5. The van der Waals surface area contributed by atoms with E-state index in [1.54, 1.807) is 13.8 Å². The Morgan fingerprint density at radius 1 is 1.17 bits per heavy atom. The zero-order valence-electron chi connectivity index (χ0n) is 21.5. The second-order valence-electron chi connectivity index (χ2n) is 12.5. The van der Waals surface area contributed by atoms with E-state index in [-0.39, 0.29) is 30.1 Å². The Hall–Kier alpha value is -1.93. The van der Waals surface area contributed by atoms with Gasteiger partial charge in [-0.15, -0.1) is 0 Å². The molecular formula is C27H42N2O6. The molecule has 0 saturated heterocycles. The van der Waals surface area contributed by atoms with E-state index < -0.39 is 23.4 Å². The van der Waals surface area contributed by atoms with Crippen LogP contribution in [0.2, 0.25) is 0 Å². The first-order chi connectivity index (χ1) is 16.4. The Labute approximate surface area is 208 Å². The number of nitrogens with zero attached hydrogens (tertiary/aromatic N) is 1. The van der Waals surface area contributed by atoms with Gasteiger partial charge in [-0.3, -0.25) is 4.79 Å². The Balaban J connectivity index is 1.33. The summed E-state index contributed by atoms with van der Waals surface area (Å²) in [4.78, 5) is 28.5. The van der Waals surface area contributed by atoms with Gasteiger partial charge in [0, 0.05) is 12.0 Å². The molecule has 0 unspecified atom stereocenters. The van der Waals surface area contributed by atoms with E-state index >= 15 is 0 Å². The van der Waals surface area contributed by atoms with Gasteiger partial charge in [-0.05, 0) is 86.0 Å². The molecule has 0 heterocycles. The second-order valence-corrected chi connectivity index (χ2v) is 12.5. The van der Waals surface area contributed by atoms with Gasteiger partial charge >= 0.3 is 5.97 Å². The van der Waals surface area contributed by atoms with E-state index in [0.29, 0.717) is 17.8 Å². The quantitative estimate of drug-likeness (QED) is 0.406. The van der Waals surface area contributed by atoms with Crippen molar-refractivity contribution >= 4 is 17.6 Å². The molecule has 7 atom stereocenters. The van der Waals surface area contributed by atoms with Gasteiger partial charge in [0.25, 0.3) is 5.91 Å². The lowest BCUT2D eigenvalue weighted by atomic mass is 9.47. The molecule has 4 rings (SSSR count). The van der Waals surface area contributed by atoms with Crippen molar-refractivity contribution in [3.63, 3.8) is 0 Å². The van der Waals surface area contributed by atoms with Gasteiger partial charge in [0.1, 0.15) is 0 Å². The number of nitrogens with one attached hydrogen (secondary N) is 1. The lowest BCUT2D eigenvalue weighted by Gasteiger charge is -2.57. The number of hydrogen-bond acceptors (Lipinski definition) is 6. The normalized spacial score (nSPS) is 38.6. The monoisotopic (exact) mass is 490 g/mol. The van der Waals surface area contributed by atoms with Crippen molar-refractivity contribution in [3.8, 4) is 0 Å². The third kappa shape index (κ3) is 4.76. The number of carboxylic acid groups (broad SMARTS) is 1. The largest absolute Gasteiger partial charge is 0.479 e. The van der Waals surface area contributed by atoms with Gasteiger partial charge in [-0.1, -0.05) is 38.4 Å². The van der Waals surface area contributed by atoms with Crippen LogP contribution in [0.15, 0.2) is 16.8 Å². The first-order valence-electron chi connectivity index (χ1n) is 13.1. The van der Waals surface area contributed by atoms with Gasteiger partial charge in [0.15, 0.2) is 12.7 Å². The van der Waals surface area contributed by atoms with E-state index in [1.165, 1.54) is 18.4 Å². The topological polar surface area (TPSA) is 128 Å². The summed E-state index contributed by atoms with van der Waals surface area (Å²) in [5.74, 6) is 0.256. The summed E-state index contributed by atoms with van der Waals surface area (Å²) in [5.41, 5.74) is 1.57. The number of oxime groups is 1. The number of aliphatic hydroxyl groups is 2. The molecule has 4 aliphatic rings. The van der Waals surface area contributed by atoms with Gasteiger partial charge in [0.2, 0.25) is 0 Å². The third-order valence-electron chi connectivity index (χ3n) is 10.0. The highest BCUT2D eigenvalue weighted by Gasteiger charge is 2.58. The number of amides is 1. The number of fused-ring (bicyclic) bond motifs is 5. The molecule has 0 radical (unpaired) electrons. The molecule has 0 aromatic heterocycles.